The van der Waals surface area contributed by atoms with Gasteiger partial charge in [-0.05, 0) is 39.0 Å². The summed E-state index contributed by atoms with van der Waals surface area (Å²) in [6.45, 7) is 2.22. The Labute approximate surface area is 602 Å². The van der Waals surface area contributed by atoms with E-state index in [9.17, 15) is 122 Å². The number of phosphoric ester groups is 2. The van der Waals surface area contributed by atoms with E-state index in [2.05, 4.69) is 57.2 Å². The summed E-state index contributed by atoms with van der Waals surface area (Å²) in [4.78, 5) is 153. The molecule has 18 N–H and O–H groups in total. The van der Waals surface area contributed by atoms with Gasteiger partial charge in [-0.15, -0.1) is 0 Å². The van der Waals surface area contributed by atoms with Crippen LogP contribution in [0.2, 0.25) is 0 Å². The average molecular weight is 1660 g/mol. The summed E-state index contributed by atoms with van der Waals surface area (Å²) in [6.07, 6.45) is -15.1. The second-order valence-electron chi connectivity index (χ2n) is 22.6. The van der Waals surface area contributed by atoms with Gasteiger partial charge in [-0.3, -0.25) is 53.1 Å². The zero-order valence-electron chi connectivity index (χ0n) is 54.9. The lowest BCUT2D eigenvalue weighted by molar-refractivity contribution is -0.385. The smallest absolute Gasteiger partial charge is 0.394 e. The van der Waals surface area contributed by atoms with Crippen LogP contribution in [0.5, 0.6) is 0 Å². The number of nitro benzene ring substituents is 3. The molecule has 0 spiro atoms. The van der Waals surface area contributed by atoms with Gasteiger partial charge in [0, 0.05) is 36.8 Å². The number of phosphoric acid groups is 6. The van der Waals surface area contributed by atoms with Crippen LogP contribution in [0.3, 0.4) is 0 Å². The molecule has 3 saturated heterocycles. The van der Waals surface area contributed by atoms with Crippen LogP contribution in [0.15, 0.2) is 124 Å². The first-order valence-corrected chi connectivity index (χ1v) is 39.1. The van der Waals surface area contributed by atoms with Crippen molar-refractivity contribution in [1.29, 1.82) is 0 Å². The van der Waals surface area contributed by atoms with E-state index in [1.54, 1.807) is 51.1 Å². The Balaban J connectivity index is 0.000000229. The quantitative estimate of drug-likeness (QED) is 0.0166. The van der Waals surface area contributed by atoms with Crippen LogP contribution in [-0.4, -0.2) is 193 Å². The first-order valence-electron chi connectivity index (χ1n) is 30.1. The zero-order chi connectivity index (χ0) is 80.5. The number of hydrogen-bond donors (Lipinski definition) is 18. The highest BCUT2D eigenvalue weighted by molar-refractivity contribution is 7.67. The molecule has 3 aliphatic rings. The van der Waals surface area contributed by atoms with E-state index in [1.165, 1.54) is 66.9 Å². The van der Waals surface area contributed by atoms with Crippen LogP contribution >= 0.6 is 46.9 Å². The van der Waals surface area contributed by atoms with Gasteiger partial charge >= 0.3 is 64.0 Å². The van der Waals surface area contributed by atoms with Gasteiger partial charge in [0.05, 0.1) is 69.4 Å². The highest BCUT2D eigenvalue weighted by Crippen LogP contribution is 2.67. The molecule has 6 heterocycles. The number of aliphatic hydroxyl groups excluding tert-OH is 7. The van der Waals surface area contributed by atoms with E-state index in [0.717, 1.165) is 26.1 Å². The summed E-state index contributed by atoms with van der Waals surface area (Å²) >= 11 is 0. The molecule has 594 valence electrons. The summed E-state index contributed by atoms with van der Waals surface area (Å²) in [5.74, 6) is 0.187. The van der Waals surface area contributed by atoms with Crippen LogP contribution in [-0.2, 0) is 67.9 Å². The van der Waals surface area contributed by atoms with Gasteiger partial charge in [0.25, 0.3) is 17.1 Å². The lowest BCUT2D eigenvalue weighted by Crippen LogP contribution is -2.36. The molecule has 0 saturated carbocycles. The molecular weight excluding hydrogens is 1590 g/mol. The fraction of sp³-hybridized carbons (Fsp3) is 0.412. The van der Waals surface area contributed by atoms with Crippen molar-refractivity contribution in [2.75, 3.05) is 35.8 Å². The summed E-state index contributed by atoms with van der Waals surface area (Å²) in [7, 11) is -33.9. The maximum atomic E-state index is 12.6. The number of aromatic nitrogens is 6. The topological polar surface area (TPSA) is 759 Å². The molecule has 0 radical (unpaired) electrons. The van der Waals surface area contributed by atoms with Gasteiger partial charge in [0.15, 0.2) is 18.7 Å². The molecule has 0 bridgehead atoms. The number of ether oxygens (including phenoxy) is 3. The number of aliphatic hydroxyl groups is 7. The summed E-state index contributed by atoms with van der Waals surface area (Å²) in [5.41, 5.74) is -2.05. The number of benzene rings is 3. The largest absolute Gasteiger partial charge is 0.490 e. The van der Waals surface area contributed by atoms with E-state index in [4.69, 9.17) is 38.9 Å². The van der Waals surface area contributed by atoms with Crippen LogP contribution in [0.4, 0.5) is 34.5 Å². The van der Waals surface area contributed by atoms with E-state index < -0.39 is 190 Å². The molecule has 6 aromatic rings. The Hall–Kier alpha value is -7.68. The molecule has 0 aliphatic carbocycles. The van der Waals surface area contributed by atoms with Crippen molar-refractivity contribution in [2.24, 2.45) is 0 Å². The second-order valence-corrected chi connectivity index (χ2v) is 31.5. The van der Waals surface area contributed by atoms with Crippen LogP contribution < -0.4 is 33.0 Å². The van der Waals surface area contributed by atoms with Crippen molar-refractivity contribution in [1.82, 2.24) is 28.7 Å². The molecule has 51 nitrogen and oxygen atoms in total. The standard InChI is InChI=1S/2C17H23N4O16P3.C17H20N4O7/c2*1-9(10-4-2-3-5-11(10)21(25)26)18-13-6-7-20(17(24)19-13)16-15(23)14(22)12(35-16)8-34-39(30,31)37-40(32,33)36-38(27,28)29;1-9(10-4-2-3-5-11(10)21(26)27)18-13-6-7-20(17(25)19-13)16-15(24)14(23)12(8-22)28-16/h2*2-7,9,12,14-16,22-23H,8H2,1H3,(H,30,31)(H,32,33)(H,18,19,24)(H2,27,28,29);2-7,9,12,14-16,22-24H,8H2,1H3,(H,18,19,25)/t9-,12+,14?,15-,16+;2*9-,12-,14?,15+,16-/m011/s1. The molecular formula is C51H66N12O39P6. The Kier molecular flexibility index (Phi) is 29.2. The molecule has 9 rings (SSSR count). The van der Waals surface area contributed by atoms with Crippen molar-refractivity contribution in [3.05, 3.63) is 188 Å². The fourth-order valence-corrected chi connectivity index (χ4v) is 16.3. The van der Waals surface area contributed by atoms with Crippen molar-refractivity contribution in [3.8, 4) is 0 Å². The van der Waals surface area contributed by atoms with Crippen molar-refractivity contribution < 1.29 is 158 Å². The Morgan fingerprint density at radius 1 is 0.426 bits per heavy atom. The Morgan fingerprint density at radius 2 is 0.685 bits per heavy atom. The Morgan fingerprint density at radius 3 is 0.926 bits per heavy atom. The summed E-state index contributed by atoms with van der Waals surface area (Å²) in [6, 6.07) is 20.2. The molecule has 3 aromatic carbocycles. The molecule has 3 aromatic heterocycles. The zero-order valence-corrected chi connectivity index (χ0v) is 60.3. The molecule has 7 unspecified atom stereocenters. The number of nitrogens with zero attached hydrogens (tertiary/aromatic N) is 9. The minimum atomic E-state index is -5.78. The minimum absolute atomic E-state index is 0.00384. The van der Waals surface area contributed by atoms with Crippen molar-refractivity contribution >= 4 is 81.5 Å². The van der Waals surface area contributed by atoms with Gasteiger partial charge in [0.1, 0.15) is 72.4 Å². The first kappa shape index (κ1) is 87.5. The maximum absolute atomic E-state index is 12.6. The van der Waals surface area contributed by atoms with Crippen LogP contribution in [0, 0.1) is 30.3 Å². The number of nitrogens with one attached hydrogen (secondary N) is 3. The number of anilines is 3. The number of rotatable bonds is 30. The van der Waals surface area contributed by atoms with Crippen LogP contribution in [0.1, 0.15) is 74.3 Å². The maximum Gasteiger partial charge on any atom is 0.490 e. The van der Waals surface area contributed by atoms with E-state index in [1.807, 2.05) is 0 Å². The van der Waals surface area contributed by atoms with E-state index >= 15 is 0 Å². The molecule has 57 heteroatoms. The molecule has 3 aliphatic heterocycles. The summed E-state index contributed by atoms with van der Waals surface area (Å²) in [5, 5.41) is 112. The second kappa shape index (κ2) is 36.0. The van der Waals surface area contributed by atoms with E-state index in [-0.39, 0.29) is 34.5 Å². The van der Waals surface area contributed by atoms with Gasteiger partial charge in [-0.25, -0.2) is 41.8 Å². The number of nitro groups is 3. The molecule has 3 fully saturated rings. The lowest BCUT2D eigenvalue weighted by atomic mass is 10.1. The normalized spacial score (nSPS) is 25.2. The molecule has 19 atom stereocenters. The number of para-hydroxylation sites is 3. The highest BCUT2D eigenvalue weighted by atomic mass is 31.3. The van der Waals surface area contributed by atoms with Gasteiger partial charge < -0.3 is 105 Å². The summed E-state index contributed by atoms with van der Waals surface area (Å²) < 4.78 is 109. The first-order chi connectivity index (χ1) is 50.1. The highest BCUT2D eigenvalue weighted by Gasteiger charge is 2.50. The monoisotopic (exact) mass is 1660 g/mol. The Bertz CT molecular complexity index is 4510. The molecule has 0 amide bonds. The van der Waals surface area contributed by atoms with E-state index in [0.29, 0.717) is 16.7 Å². The average Bonchev–Trinajstić information content (AvgIpc) is 1.63. The SMILES string of the molecule is C[C@@H](Nc1ccn([C@@H]2O[C@H](CO)C(O)[C@@H]2O)c(=O)n1)c1ccccc1[N+](=O)[O-].C[C@@H](Nc1ccn([C@@H]2O[C@H](COP(=O)(O)OP(=O)(O)OP(=O)(O)O)C(O)[C@@H]2O)c(=O)n1)c1ccccc1[N+](=O)[O-].C[C@H](Nc1ccn([C@@H]2O[C@H](COP(=O)(O)OP(=O)(O)OP(=O)(O)O)C(O)[C@@H]2O)c(=O)n1)c1ccccc1[N+](=O)[O-]. The van der Waals surface area contributed by atoms with Crippen LogP contribution in [0.25, 0.3) is 0 Å². The lowest BCUT2D eigenvalue weighted by Gasteiger charge is -2.19. The van der Waals surface area contributed by atoms with Gasteiger partial charge in [0.2, 0.25) is 0 Å². The van der Waals surface area contributed by atoms with Gasteiger partial charge in [-0.2, -0.15) is 32.2 Å². The minimum Gasteiger partial charge on any atom is -0.394 e. The van der Waals surface area contributed by atoms with Crippen molar-refractivity contribution in [2.45, 2.75) is 113 Å². The predicted molar refractivity (Wildman–Crippen MR) is 355 cm³/mol. The fourth-order valence-electron chi connectivity index (χ4n) is 10.3. The van der Waals surface area contributed by atoms with Crippen molar-refractivity contribution in [3.63, 3.8) is 0 Å². The third kappa shape index (κ3) is 23.7. The third-order valence-electron chi connectivity index (χ3n) is 15.0. The number of hydrogen-bond acceptors (Lipinski definition) is 37. The predicted octanol–water partition coefficient (Wildman–Crippen LogP) is 0.510. The molecule has 108 heavy (non-hydrogen) atoms. The van der Waals surface area contributed by atoms with Gasteiger partial charge in [-0.1, -0.05) is 54.6 Å². The third-order valence-corrected chi connectivity index (χ3v) is 22.6.